The first-order valence-electron chi connectivity index (χ1n) is 9.26. The van der Waals surface area contributed by atoms with E-state index in [1.807, 2.05) is 31.3 Å². The highest BCUT2D eigenvalue weighted by Crippen LogP contribution is 2.16. The second kappa shape index (κ2) is 9.55. The van der Waals surface area contributed by atoms with Gasteiger partial charge in [-0.2, -0.15) is 5.10 Å². The summed E-state index contributed by atoms with van der Waals surface area (Å²) in [6, 6.07) is 16.3. The Morgan fingerprint density at radius 3 is 2.68 bits per heavy atom. The molecule has 1 aromatic heterocycles. The number of aromatic amines is 1. The Morgan fingerprint density at radius 2 is 2.00 bits per heavy atom. The minimum Gasteiger partial charge on any atom is -0.497 e. The Kier molecular flexibility index (Phi) is 6.62. The van der Waals surface area contributed by atoms with Gasteiger partial charge in [-0.15, -0.1) is 0 Å². The van der Waals surface area contributed by atoms with E-state index in [0.29, 0.717) is 6.54 Å². The van der Waals surface area contributed by atoms with E-state index >= 15 is 0 Å². The third-order valence-electron chi connectivity index (χ3n) is 4.30. The van der Waals surface area contributed by atoms with Crippen LogP contribution in [0.25, 0.3) is 11.4 Å². The summed E-state index contributed by atoms with van der Waals surface area (Å²) in [5.74, 6) is 2.48. The Morgan fingerprint density at radius 1 is 1.18 bits per heavy atom. The summed E-state index contributed by atoms with van der Waals surface area (Å²) in [5, 5.41) is 10.2. The lowest BCUT2D eigenvalue weighted by Crippen LogP contribution is -2.38. The zero-order valence-corrected chi connectivity index (χ0v) is 16.5. The number of nitrogens with zero attached hydrogens (tertiary/aromatic N) is 4. The molecule has 2 aromatic carbocycles. The van der Waals surface area contributed by atoms with Crippen LogP contribution in [0.3, 0.4) is 0 Å². The molecule has 0 aliphatic heterocycles. The van der Waals surface area contributed by atoms with Gasteiger partial charge in [0, 0.05) is 25.7 Å². The van der Waals surface area contributed by atoms with Crippen LogP contribution < -0.4 is 10.1 Å². The average Bonchev–Trinajstić information content (AvgIpc) is 3.27. The SMILES string of the molecule is CCNC(=NCc1cccc(-c2ncn[nH]2)c1)N(C)Cc1ccc(OC)cc1. The fourth-order valence-electron chi connectivity index (χ4n) is 2.88. The van der Waals surface area contributed by atoms with Crippen LogP contribution in [-0.4, -0.2) is 46.7 Å². The van der Waals surface area contributed by atoms with Crippen molar-refractivity contribution in [2.75, 3.05) is 20.7 Å². The van der Waals surface area contributed by atoms with Crippen LogP contribution in [-0.2, 0) is 13.1 Å². The third kappa shape index (κ3) is 5.09. The first-order chi connectivity index (χ1) is 13.7. The van der Waals surface area contributed by atoms with Gasteiger partial charge in [-0.1, -0.05) is 30.3 Å². The predicted molar refractivity (Wildman–Crippen MR) is 111 cm³/mol. The van der Waals surface area contributed by atoms with Crippen LogP contribution in [0.5, 0.6) is 5.75 Å². The number of benzene rings is 2. The highest BCUT2D eigenvalue weighted by Gasteiger charge is 2.07. The van der Waals surface area contributed by atoms with Gasteiger partial charge in [-0.25, -0.2) is 9.98 Å². The summed E-state index contributed by atoms with van der Waals surface area (Å²) >= 11 is 0. The van der Waals surface area contributed by atoms with Crippen molar-refractivity contribution in [1.82, 2.24) is 25.4 Å². The van der Waals surface area contributed by atoms with Crippen molar-refractivity contribution in [1.29, 1.82) is 0 Å². The molecule has 0 fully saturated rings. The van der Waals surface area contributed by atoms with Gasteiger partial charge in [-0.05, 0) is 36.2 Å². The van der Waals surface area contributed by atoms with Crippen LogP contribution in [0.15, 0.2) is 59.9 Å². The van der Waals surface area contributed by atoms with Crippen LogP contribution >= 0.6 is 0 Å². The van der Waals surface area contributed by atoms with E-state index in [0.717, 1.165) is 41.7 Å². The molecule has 0 saturated heterocycles. The Bertz CT molecular complexity index is 890. The Balaban J connectivity index is 1.70. The summed E-state index contributed by atoms with van der Waals surface area (Å²) in [5.41, 5.74) is 3.31. The number of methoxy groups -OCH3 is 1. The second-order valence-electron chi connectivity index (χ2n) is 6.41. The lowest BCUT2D eigenvalue weighted by atomic mass is 10.1. The molecule has 28 heavy (non-hydrogen) atoms. The van der Waals surface area contributed by atoms with Gasteiger partial charge in [0.05, 0.1) is 13.7 Å². The van der Waals surface area contributed by atoms with Gasteiger partial charge in [0.15, 0.2) is 11.8 Å². The van der Waals surface area contributed by atoms with Crippen molar-refractivity contribution in [3.8, 4) is 17.1 Å². The van der Waals surface area contributed by atoms with Gasteiger partial charge in [0.1, 0.15) is 12.1 Å². The number of aromatic nitrogens is 3. The van der Waals surface area contributed by atoms with Crippen molar-refractivity contribution < 1.29 is 4.74 Å². The van der Waals surface area contributed by atoms with Gasteiger partial charge in [-0.3, -0.25) is 5.10 Å². The highest BCUT2D eigenvalue weighted by atomic mass is 16.5. The molecule has 3 aromatic rings. The molecule has 0 bridgehead atoms. The van der Waals surface area contributed by atoms with Crippen molar-refractivity contribution in [3.63, 3.8) is 0 Å². The van der Waals surface area contributed by atoms with E-state index in [1.165, 1.54) is 11.9 Å². The Hall–Kier alpha value is -3.35. The zero-order chi connectivity index (χ0) is 19.8. The second-order valence-corrected chi connectivity index (χ2v) is 6.41. The monoisotopic (exact) mass is 378 g/mol. The summed E-state index contributed by atoms with van der Waals surface area (Å²) in [6.45, 7) is 4.22. The maximum absolute atomic E-state index is 5.22. The lowest BCUT2D eigenvalue weighted by Gasteiger charge is -2.22. The molecule has 2 N–H and O–H groups in total. The molecule has 0 spiro atoms. The topological polar surface area (TPSA) is 78.4 Å². The van der Waals surface area contributed by atoms with Gasteiger partial charge in [0.2, 0.25) is 0 Å². The third-order valence-corrected chi connectivity index (χ3v) is 4.30. The van der Waals surface area contributed by atoms with Crippen LogP contribution in [0.1, 0.15) is 18.1 Å². The fourth-order valence-corrected chi connectivity index (χ4v) is 2.88. The zero-order valence-electron chi connectivity index (χ0n) is 16.5. The molecule has 7 nitrogen and oxygen atoms in total. The molecule has 7 heteroatoms. The molecule has 0 atom stereocenters. The average molecular weight is 378 g/mol. The standard InChI is InChI=1S/C21H26N6O/c1-4-22-21(27(2)14-16-8-10-19(28-3)11-9-16)23-13-17-6-5-7-18(12-17)20-24-15-25-26-20/h5-12,15H,4,13-14H2,1-3H3,(H,22,23)(H,24,25,26). The minimum absolute atomic E-state index is 0.581. The first-order valence-corrected chi connectivity index (χ1v) is 9.26. The number of hydrogen-bond acceptors (Lipinski definition) is 4. The number of H-pyrrole nitrogens is 1. The summed E-state index contributed by atoms with van der Waals surface area (Å²) < 4.78 is 5.22. The maximum Gasteiger partial charge on any atom is 0.194 e. The number of hydrogen-bond donors (Lipinski definition) is 2. The smallest absolute Gasteiger partial charge is 0.194 e. The quantitative estimate of drug-likeness (QED) is 0.488. The largest absolute Gasteiger partial charge is 0.497 e. The van der Waals surface area contributed by atoms with Gasteiger partial charge in [0.25, 0.3) is 0 Å². The van der Waals surface area contributed by atoms with E-state index in [4.69, 9.17) is 9.73 Å². The number of rotatable bonds is 7. The molecule has 0 aliphatic carbocycles. The van der Waals surface area contributed by atoms with Crippen molar-refractivity contribution in [2.24, 2.45) is 4.99 Å². The van der Waals surface area contributed by atoms with E-state index in [2.05, 4.69) is 56.6 Å². The van der Waals surface area contributed by atoms with Crippen molar-refractivity contribution in [2.45, 2.75) is 20.0 Å². The molecule has 146 valence electrons. The lowest BCUT2D eigenvalue weighted by molar-refractivity contribution is 0.414. The highest BCUT2D eigenvalue weighted by molar-refractivity contribution is 5.79. The fraction of sp³-hybridized carbons (Fsp3) is 0.286. The van der Waals surface area contributed by atoms with Crippen LogP contribution in [0.4, 0.5) is 0 Å². The number of nitrogens with one attached hydrogen (secondary N) is 2. The van der Waals surface area contributed by atoms with Crippen molar-refractivity contribution >= 4 is 5.96 Å². The summed E-state index contributed by atoms with van der Waals surface area (Å²) in [7, 11) is 3.71. The molecular weight excluding hydrogens is 352 g/mol. The molecular formula is C21H26N6O. The first kappa shape index (κ1) is 19.4. The molecule has 0 unspecified atom stereocenters. The molecule has 0 amide bonds. The maximum atomic E-state index is 5.22. The number of aliphatic imine (C=N–C) groups is 1. The Labute approximate surface area is 165 Å². The van der Waals surface area contributed by atoms with E-state index in [1.54, 1.807) is 7.11 Å². The summed E-state index contributed by atoms with van der Waals surface area (Å²) in [6.07, 6.45) is 1.51. The number of ether oxygens (including phenoxy) is 1. The predicted octanol–water partition coefficient (Wildman–Crippen LogP) is 3.08. The minimum atomic E-state index is 0.581. The molecule has 1 heterocycles. The van der Waals surface area contributed by atoms with Crippen LogP contribution in [0.2, 0.25) is 0 Å². The molecule has 0 aliphatic rings. The molecule has 3 rings (SSSR count). The van der Waals surface area contributed by atoms with Gasteiger partial charge < -0.3 is 15.0 Å². The van der Waals surface area contributed by atoms with E-state index < -0.39 is 0 Å². The van der Waals surface area contributed by atoms with Gasteiger partial charge >= 0.3 is 0 Å². The van der Waals surface area contributed by atoms with E-state index in [-0.39, 0.29) is 0 Å². The van der Waals surface area contributed by atoms with Crippen LogP contribution in [0, 0.1) is 0 Å². The molecule has 0 saturated carbocycles. The van der Waals surface area contributed by atoms with E-state index in [9.17, 15) is 0 Å². The number of guanidine groups is 1. The molecule has 0 radical (unpaired) electrons. The normalized spacial score (nSPS) is 11.3. The summed E-state index contributed by atoms with van der Waals surface area (Å²) in [4.78, 5) is 11.1. The van der Waals surface area contributed by atoms with Crippen molar-refractivity contribution in [3.05, 3.63) is 66.0 Å².